The quantitative estimate of drug-likeness (QED) is 0.614. The van der Waals surface area contributed by atoms with Crippen molar-refractivity contribution in [3.8, 4) is 5.75 Å². The van der Waals surface area contributed by atoms with Crippen LogP contribution in [0.15, 0.2) is 47.6 Å². The van der Waals surface area contributed by atoms with Crippen molar-refractivity contribution in [3.63, 3.8) is 0 Å². The Balaban J connectivity index is 1.68. The van der Waals surface area contributed by atoms with Gasteiger partial charge in [-0.25, -0.2) is 4.68 Å². The van der Waals surface area contributed by atoms with Crippen molar-refractivity contribution < 1.29 is 9.53 Å². The van der Waals surface area contributed by atoms with Crippen LogP contribution >= 0.6 is 23.4 Å². The Morgan fingerprint density at radius 1 is 1.27 bits per heavy atom. The number of aromatic nitrogens is 3. The molecule has 0 bridgehead atoms. The zero-order valence-electron chi connectivity index (χ0n) is 16.8. The maximum Gasteiger partial charge on any atom is 0.240 e. The van der Waals surface area contributed by atoms with Crippen LogP contribution in [0.2, 0.25) is 5.02 Å². The van der Waals surface area contributed by atoms with E-state index in [1.54, 1.807) is 19.2 Å². The minimum Gasteiger partial charge on any atom is -0.497 e. The number of nitrogens with zero attached hydrogens (tertiary/aromatic N) is 3. The minimum atomic E-state index is -0.460. The first-order valence-electron chi connectivity index (χ1n) is 9.58. The summed E-state index contributed by atoms with van der Waals surface area (Å²) in [6.45, 7) is 3.95. The highest BCUT2D eigenvalue weighted by atomic mass is 35.5. The van der Waals surface area contributed by atoms with E-state index in [0.29, 0.717) is 15.9 Å². The first-order valence-corrected chi connectivity index (χ1v) is 10.8. The Labute approximate surface area is 184 Å². The smallest absolute Gasteiger partial charge is 0.240 e. The molecule has 2 heterocycles. The van der Waals surface area contributed by atoms with E-state index in [-0.39, 0.29) is 11.9 Å². The van der Waals surface area contributed by atoms with Crippen LogP contribution in [0.4, 0.5) is 5.69 Å². The van der Waals surface area contributed by atoms with Gasteiger partial charge in [-0.1, -0.05) is 48.5 Å². The fraction of sp³-hybridized carbons (Fsp3) is 0.286. The first kappa shape index (κ1) is 20.6. The van der Waals surface area contributed by atoms with Gasteiger partial charge < -0.3 is 15.5 Å². The number of carbonyl (C=O) groups is 1. The van der Waals surface area contributed by atoms with Gasteiger partial charge in [-0.05, 0) is 42.3 Å². The Hall–Kier alpha value is -2.71. The van der Waals surface area contributed by atoms with Gasteiger partial charge in [0.2, 0.25) is 11.1 Å². The van der Waals surface area contributed by atoms with E-state index < -0.39 is 5.25 Å². The number of fused-ring (bicyclic) bond motifs is 1. The third kappa shape index (κ3) is 3.97. The van der Waals surface area contributed by atoms with Crippen molar-refractivity contribution in [2.75, 3.05) is 17.9 Å². The molecular formula is C21H22ClN5O2S. The van der Waals surface area contributed by atoms with Gasteiger partial charge in [0, 0.05) is 17.1 Å². The lowest BCUT2D eigenvalue weighted by molar-refractivity contribution is -0.116. The summed E-state index contributed by atoms with van der Waals surface area (Å²) in [7, 11) is 1.63. The van der Waals surface area contributed by atoms with Crippen LogP contribution in [0.1, 0.15) is 29.9 Å². The van der Waals surface area contributed by atoms with Crippen LogP contribution in [0.5, 0.6) is 5.75 Å². The fourth-order valence-electron chi connectivity index (χ4n) is 3.32. The van der Waals surface area contributed by atoms with Gasteiger partial charge in [-0.2, -0.15) is 0 Å². The Kier molecular flexibility index (Phi) is 5.87. The molecule has 3 aromatic rings. The van der Waals surface area contributed by atoms with Gasteiger partial charge in [-0.15, -0.1) is 10.2 Å². The maximum atomic E-state index is 13.3. The van der Waals surface area contributed by atoms with Gasteiger partial charge in [0.05, 0.1) is 13.2 Å². The molecule has 0 fully saturated rings. The number of amides is 1. The van der Waals surface area contributed by atoms with Crippen LogP contribution in [-0.2, 0) is 11.2 Å². The number of thioether (sulfide) groups is 1. The summed E-state index contributed by atoms with van der Waals surface area (Å²) in [6.07, 6.45) is 0.731. The predicted molar refractivity (Wildman–Crippen MR) is 119 cm³/mol. The lowest BCUT2D eigenvalue weighted by Gasteiger charge is -2.33. The number of nitrogens with one attached hydrogen (secondary N) is 2. The normalized spacial score (nSPS) is 17.7. The second-order valence-electron chi connectivity index (χ2n) is 6.95. The standard InChI is InChI=1S/C21H22ClN5O2S/c1-4-17-24-25-21-27(17)26-18(13-6-9-15(29-3)10-7-13)19(30-21)20(28)23-16-11-14(22)8-5-12(16)2/h5-11,18-19,26H,4H2,1-3H3,(H,23,28)/t18-,19+/m1/s1. The SMILES string of the molecule is CCc1nnc2n1N[C@H](c1ccc(OC)cc1)[C@@H](C(=O)Nc1cc(Cl)ccc1C)S2. The van der Waals surface area contributed by atoms with Crippen molar-refractivity contribution in [2.24, 2.45) is 0 Å². The zero-order valence-corrected chi connectivity index (χ0v) is 18.4. The number of anilines is 1. The highest BCUT2D eigenvalue weighted by Crippen LogP contribution is 2.38. The van der Waals surface area contributed by atoms with E-state index >= 15 is 0 Å². The van der Waals surface area contributed by atoms with Crippen molar-refractivity contribution >= 4 is 35.0 Å². The molecule has 0 spiro atoms. The van der Waals surface area contributed by atoms with E-state index in [2.05, 4.69) is 20.9 Å². The number of ether oxygens (including phenoxy) is 1. The third-order valence-corrected chi connectivity index (χ3v) is 6.46. The van der Waals surface area contributed by atoms with Crippen LogP contribution < -0.4 is 15.5 Å². The molecule has 2 aromatic carbocycles. The molecular weight excluding hydrogens is 422 g/mol. The van der Waals surface area contributed by atoms with E-state index in [0.717, 1.165) is 29.1 Å². The highest BCUT2D eigenvalue weighted by Gasteiger charge is 2.37. The average Bonchev–Trinajstić information content (AvgIpc) is 3.17. The molecule has 1 aromatic heterocycles. The van der Waals surface area contributed by atoms with Crippen LogP contribution in [0, 0.1) is 6.92 Å². The number of benzene rings is 2. The van der Waals surface area contributed by atoms with Crippen LogP contribution in [-0.4, -0.2) is 33.1 Å². The van der Waals surface area contributed by atoms with Crippen molar-refractivity contribution in [2.45, 2.75) is 36.7 Å². The summed E-state index contributed by atoms with van der Waals surface area (Å²) >= 11 is 7.52. The number of methoxy groups -OCH3 is 1. The Bertz CT molecular complexity index is 1070. The molecule has 30 heavy (non-hydrogen) atoms. The summed E-state index contributed by atoms with van der Waals surface area (Å²) in [4.78, 5) is 13.3. The largest absolute Gasteiger partial charge is 0.497 e. The summed E-state index contributed by atoms with van der Waals surface area (Å²) in [5.74, 6) is 1.45. The van der Waals surface area contributed by atoms with Gasteiger partial charge >= 0.3 is 0 Å². The number of hydrogen-bond acceptors (Lipinski definition) is 6. The molecule has 1 aliphatic rings. The zero-order chi connectivity index (χ0) is 21.3. The highest BCUT2D eigenvalue weighted by molar-refractivity contribution is 8.00. The molecule has 1 aliphatic heterocycles. The van der Waals surface area contributed by atoms with Gasteiger partial charge in [0.25, 0.3) is 0 Å². The van der Waals surface area contributed by atoms with Crippen molar-refractivity contribution in [1.82, 2.24) is 14.9 Å². The molecule has 9 heteroatoms. The lowest BCUT2D eigenvalue weighted by atomic mass is 10.0. The molecule has 1 amide bonds. The second-order valence-corrected chi connectivity index (χ2v) is 8.50. The summed E-state index contributed by atoms with van der Waals surface area (Å²) < 4.78 is 7.14. The van der Waals surface area contributed by atoms with Crippen molar-refractivity contribution in [3.05, 3.63) is 64.4 Å². The molecule has 0 unspecified atom stereocenters. The first-order chi connectivity index (χ1) is 14.5. The molecule has 0 saturated heterocycles. The van der Waals surface area contributed by atoms with Crippen LogP contribution in [0.3, 0.4) is 0 Å². The van der Waals surface area contributed by atoms with Crippen LogP contribution in [0.25, 0.3) is 0 Å². The fourth-order valence-corrected chi connectivity index (χ4v) is 4.59. The summed E-state index contributed by atoms with van der Waals surface area (Å²) in [6, 6.07) is 12.9. The predicted octanol–water partition coefficient (Wildman–Crippen LogP) is 4.21. The lowest BCUT2D eigenvalue weighted by Crippen LogP contribution is -2.41. The van der Waals surface area contributed by atoms with Gasteiger partial charge in [0.15, 0.2) is 5.82 Å². The molecule has 156 valence electrons. The van der Waals surface area contributed by atoms with E-state index in [9.17, 15) is 4.79 Å². The number of rotatable bonds is 5. The Morgan fingerprint density at radius 2 is 2.03 bits per heavy atom. The number of halogens is 1. The van der Waals surface area contributed by atoms with Crippen molar-refractivity contribution in [1.29, 1.82) is 0 Å². The monoisotopic (exact) mass is 443 g/mol. The molecule has 7 nitrogen and oxygen atoms in total. The summed E-state index contributed by atoms with van der Waals surface area (Å²) in [5.41, 5.74) is 6.04. The Morgan fingerprint density at radius 3 is 2.73 bits per heavy atom. The number of aryl methyl sites for hydroxylation is 2. The molecule has 0 aliphatic carbocycles. The molecule has 0 radical (unpaired) electrons. The van der Waals surface area contributed by atoms with E-state index in [4.69, 9.17) is 16.3 Å². The minimum absolute atomic E-state index is 0.133. The summed E-state index contributed by atoms with van der Waals surface area (Å²) in [5, 5.41) is 12.3. The van der Waals surface area contributed by atoms with E-state index in [1.165, 1.54) is 11.8 Å². The van der Waals surface area contributed by atoms with E-state index in [1.807, 2.05) is 48.9 Å². The second kappa shape index (κ2) is 8.57. The molecule has 4 rings (SSSR count). The van der Waals surface area contributed by atoms with Gasteiger partial charge in [0.1, 0.15) is 11.0 Å². The maximum absolute atomic E-state index is 13.3. The molecule has 2 N–H and O–H groups in total. The average molecular weight is 444 g/mol. The third-order valence-electron chi connectivity index (χ3n) is 5.01. The number of hydrogen-bond donors (Lipinski definition) is 2. The molecule has 2 atom stereocenters. The number of carbonyl (C=O) groups excluding carboxylic acids is 1. The topological polar surface area (TPSA) is 81.1 Å². The van der Waals surface area contributed by atoms with Gasteiger partial charge in [-0.3, -0.25) is 4.79 Å². The molecule has 0 saturated carbocycles.